The van der Waals surface area contributed by atoms with Crippen molar-refractivity contribution in [2.75, 3.05) is 24.4 Å². The molecule has 2 aromatic carbocycles. The van der Waals surface area contributed by atoms with Crippen molar-refractivity contribution in [1.82, 2.24) is 4.98 Å². The van der Waals surface area contributed by atoms with Gasteiger partial charge in [-0.1, -0.05) is 17.7 Å². The Morgan fingerprint density at radius 1 is 1.25 bits per heavy atom. The molecule has 168 valence electrons. The number of esters is 1. The minimum Gasteiger partial charge on any atom is -0.459 e. The zero-order valence-corrected chi connectivity index (χ0v) is 19.4. The van der Waals surface area contributed by atoms with Gasteiger partial charge in [-0.15, -0.1) is 11.8 Å². The van der Waals surface area contributed by atoms with Gasteiger partial charge in [0, 0.05) is 28.2 Å². The Bertz CT molecular complexity index is 1310. The number of carbonyl (C=O) groups is 1. The third-order valence-electron chi connectivity index (χ3n) is 4.46. The Kier molecular flexibility index (Phi) is 7.22. The summed E-state index contributed by atoms with van der Waals surface area (Å²) >= 11 is 7.80. The smallest absolute Gasteiger partial charge is 0.325 e. The molecule has 0 saturated carbocycles. The van der Waals surface area contributed by atoms with Crippen LogP contribution in [0.3, 0.4) is 0 Å². The van der Waals surface area contributed by atoms with Gasteiger partial charge in [-0.05, 0) is 36.6 Å². The summed E-state index contributed by atoms with van der Waals surface area (Å²) in [5.41, 5.74) is 0.776. The number of nitro groups is 1. The Morgan fingerprint density at radius 2 is 2.00 bits per heavy atom. The number of thioether (sulfide) groups is 1. The molecule has 9 nitrogen and oxygen atoms in total. The van der Waals surface area contributed by atoms with E-state index in [-0.39, 0.29) is 28.9 Å². The molecule has 0 saturated heterocycles. The summed E-state index contributed by atoms with van der Waals surface area (Å²) in [6, 6.07) is 10.9. The summed E-state index contributed by atoms with van der Waals surface area (Å²) in [4.78, 5) is 27.9. The van der Waals surface area contributed by atoms with Crippen molar-refractivity contribution in [2.24, 2.45) is 0 Å². The lowest BCUT2D eigenvalue weighted by Crippen LogP contribution is -2.17. The van der Waals surface area contributed by atoms with Crippen molar-refractivity contribution < 1.29 is 22.9 Å². The zero-order valence-electron chi connectivity index (χ0n) is 17.0. The Balaban J connectivity index is 1.67. The normalized spacial score (nSPS) is 11.3. The molecule has 0 bridgehead atoms. The van der Waals surface area contributed by atoms with Crippen molar-refractivity contribution in [3.05, 3.63) is 63.3 Å². The molecule has 32 heavy (non-hydrogen) atoms. The number of fused-ring (bicyclic) bond motifs is 1. The number of pyridine rings is 1. The number of benzene rings is 2. The molecule has 3 aromatic rings. The van der Waals surface area contributed by atoms with Gasteiger partial charge in [-0.3, -0.25) is 14.9 Å². The molecule has 0 aliphatic heterocycles. The number of nitrogens with zero attached hydrogens (tertiary/aromatic N) is 2. The van der Waals surface area contributed by atoms with Crippen LogP contribution in [-0.2, 0) is 26.0 Å². The van der Waals surface area contributed by atoms with E-state index in [0.717, 1.165) is 28.1 Å². The molecule has 12 heteroatoms. The predicted molar refractivity (Wildman–Crippen MR) is 123 cm³/mol. The van der Waals surface area contributed by atoms with Crippen LogP contribution in [0, 0.1) is 10.1 Å². The first-order chi connectivity index (χ1) is 15.1. The number of hydrogen-bond acceptors (Lipinski definition) is 9. The fourth-order valence-electron chi connectivity index (χ4n) is 2.81. The highest BCUT2D eigenvalue weighted by atomic mass is 35.5. The van der Waals surface area contributed by atoms with Crippen LogP contribution in [0.25, 0.3) is 10.9 Å². The van der Waals surface area contributed by atoms with Gasteiger partial charge in [-0.25, -0.2) is 13.4 Å². The Hall–Kier alpha value is -2.89. The fourth-order valence-corrected chi connectivity index (χ4v) is 4.09. The van der Waals surface area contributed by atoms with E-state index in [9.17, 15) is 23.3 Å². The maximum Gasteiger partial charge on any atom is 0.325 e. The molecular weight excluding hydrogens is 478 g/mol. The highest BCUT2D eigenvalue weighted by Gasteiger charge is 2.19. The molecule has 0 amide bonds. The summed E-state index contributed by atoms with van der Waals surface area (Å²) in [6.07, 6.45) is 2.91. The maximum absolute atomic E-state index is 12.1. The average molecular weight is 496 g/mol. The van der Waals surface area contributed by atoms with E-state index >= 15 is 0 Å². The van der Waals surface area contributed by atoms with Crippen molar-refractivity contribution >= 4 is 61.4 Å². The highest BCUT2D eigenvalue weighted by Crippen LogP contribution is 2.28. The summed E-state index contributed by atoms with van der Waals surface area (Å²) in [5.74, 6) is -0.680. The largest absolute Gasteiger partial charge is 0.459 e. The molecule has 0 aliphatic carbocycles. The summed E-state index contributed by atoms with van der Waals surface area (Å²) < 4.78 is 28.4. The number of sulfone groups is 1. The number of aromatic nitrogens is 1. The van der Waals surface area contributed by atoms with Crippen LogP contribution in [0.15, 0.2) is 52.3 Å². The number of carbonyl (C=O) groups excluding carboxylic acids is 1. The standard InChI is InChI=1S/C20H18ClN3O6S2/c1-31-14-4-3-12-7-13(20(21)23-17(12)8-14)11-30-19(25)10-22-16-6-5-15(32(2,28)29)9-18(16)24(26)27/h3-9,22H,10-11H2,1-2H3. The van der Waals surface area contributed by atoms with E-state index in [1.54, 1.807) is 17.8 Å². The molecular formula is C20H18ClN3O6S2. The molecule has 1 aromatic heterocycles. The van der Waals surface area contributed by atoms with Crippen LogP contribution in [0.2, 0.25) is 5.15 Å². The third kappa shape index (κ3) is 5.67. The monoisotopic (exact) mass is 495 g/mol. The van der Waals surface area contributed by atoms with Crippen LogP contribution < -0.4 is 5.32 Å². The van der Waals surface area contributed by atoms with E-state index in [1.807, 2.05) is 24.5 Å². The predicted octanol–water partition coefficient (Wildman–Crippen LogP) is 4.08. The van der Waals surface area contributed by atoms with Crippen LogP contribution >= 0.6 is 23.4 Å². The SMILES string of the molecule is CSc1ccc2cc(COC(=O)CNc3ccc(S(C)(=O)=O)cc3[N+](=O)[O-])c(Cl)nc2c1. The lowest BCUT2D eigenvalue weighted by Gasteiger charge is -2.10. The molecule has 3 rings (SSSR count). The fraction of sp³-hybridized carbons (Fsp3) is 0.200. The van der Waals surface area contributed by atoms with Gasteiger partial charge in [0.15, 0.2) is 9.84 Å². The van der Waals surface area contributed by atoms with E-state index < -0.39 is 26.4 Å². The first-order valence-corrected chi connectivity index (χ1v) is 12.6. The average Bonchev–Trinajstić information content (AvgIpc) is 2.74. The highest BCUT2D eigenvalue weighted by molar-refractivity contribution is 7.98. The number of nitro benzene ring substituents is 1. The van der Waals surface area contributed by atoms with Gasteiger partial charge in [0.1, 0.15) is 24.0 Å². The number of rotatable bonds is 8. The summed E-state index contributed by atoms with van der Waals surface area (Å²) in [7, 11) is -3.61. The first kappa shape index (κ1) is 23.8. The van der Waals surface area contributed by atoms with Crippen LogP contribution in [0.5, 0.6) is 0 Å². The number of ether oxygens (including phenoxy) is 1. The number of hydrogen-bond donors (Lipinski definition) is 1. The van der Waals surface area contributed by atoms with Crippen molar-refractivity contribution in [3.8, 4) is 0 Å². The van der Waals surface area contributed by atoms with Crippen molar-refractivity contribution in [1.29, 1.82) is 0 Å². The van der Waals surface area contributed by atoms with Crippen molar-refractivity contribution in [3.63, 3.8) is 0 Å². The van der Waals surface area contributed by atoms with Crippen LogP contribution in [-0.4, -0.2) is 43.4 Å². The minimum atomic E-state index is -3.61. The molecule has 0 aliphatic rings. The molecule has 1 heterocycles. The van der Waals surface area contributed by atoms with Crippen LogP contribution in [0.1, 0.15) is 5.56 Å². The number of anilines is 1. The second-order valence-corrected chi connectivity index (χ2v) is 9.97. The van der Waals surface area contributed by atoms with Crippen LogP contribution in [0.4, 0.5) is 11.4 Å². The second-order valence-electron chi connectivity index (χ2n) is 6.72. The van der Waals surface area contributed by atoms with Gasteiger partial charge in [0.05, 0.1) is 15.3 Å². The molecule has 0 atom stereocenters. The quantitative estimate of drug-likeness (QED) is 0.161. The summed E-state index contributed by atoms with van der Waals surface area (Å²) in [6.45, 7) is -0.490. The Labute approximate surface area is 193 Å². The third-order valence-corrected chi connectivity index (χ3v) is 6.62. The van der Waals surface area contributed by atoms with E-state index in [4.69, 9.17) is 16.3 Å². The van der Waals surface area contributed by atoms with E-state index in [0.29, 0.717) is 5.56 Å². The summed E-state index contributed by atoms with van der Waals surface area (Å²) in [5, 5.41) is 14.9. The van der Waals surface area contributed by atoms with Gasteiger partial charge in [-0.2, -0.15) is 0 Å². The second kappa shape index (κ2) is 9.72. The van der Waals surface area contributed by atoms with Gasteiger partial charge in [0.25, 0.3) is 5.69 Å². The number of halogens is 1. The van der Waals surface area contributed by atoms with Gasteiger partial charge >= 0.3 is 5.97 Å². The van der Waals surface area contributed by atoms with Crippen molar-refractivity contribution in [2.45, 2.75) is 16.4 Å². The molecule has 0 unspecified atom stereocenters. The molecule has 0 fully saturated rings. The van der Waals surface area contributed by atoms with E-state index in [1.165, 1.54) is 12.1 Å². The van der Waals surface area contributed by atoms with Gasteiger partial charge in [0.2, 0.25) is 0 Å². The molecule has 1 N–H and O–H groups in total. The topological polar surface area (TPSA) is 128 Å². The lowest BCUT2D eigenvalue weighted by molar-refractivity contribution is -0.384. The molecule has 0 radical (unpaired) electrons. The first-order valence-electron chi connectivity index (χ1n) is 9.09. The minimum absolute atomic E-state index is 0.00523. The van der Waals surface area contributed by atoms with Gasteiger partial charge < -0.3 is 10.1 Å². The maximum atomic E-state index is 12.1. The molecule has 0 spiro atoms. The van der Waals surface area contributed by atoms with E-state index in [2.05, 4.69) is 10.3 Å². The Morgan fingerprint density at radius 3 is 2.66 bits per heavy atom. The lowest BCUT2D eigenvalue weighted by atomic mass is 10.2. The number of nitrogens with one attached hydrogen (secondary N) is 1. The zero-order chi connectivity index (χ0) is 23.5.